The number of nitrogens with two attached hydrogens (primary N) is 1. The van der Waals surface area contributed by atoms with Gasteiger partial charge in [-0.25, -0.2) is 4.98 Å². The van der Waals surface area contributed by atoms with Crippen LogP contribution < -0.4 is 11.1 Å². The summed E-state index contributed by atoms with van der Waals surface area (Å²) in [6, 6.07) is 7.85. The summed E-state index contributed by atoms with van der Waals surface area (Å²) in [5.41, 5.74) is 8.53. The van der Waals surface area contributed by atoms with Gasteiger partial charge >= 0.3 is 0 Å². The number of carbonyl (C=O) groups is 1. The molecule has 1 amide bonds. The minimum absolute atomic E-state index is 0.137. The summed E-state index contributed by atoms with van der Waals surface area (Å²) in [5, 5.41) is 2.94. The molecule has 2 aliphatic heterocycles. The van der Waals surface area contributed by atoms with E-state index in [1.165, 1.54) is 18.5 Å². The number of imidazole rings is 1. The number of hydrogen-bond donors (Lipinski definition) is 2. The molecule has 0 bridgehead atoms. The van der Waals surface area contributed by atoms with Crippen LogP contribution in [0.1, 0.15) is 31.4 Å². The molecule has 0 aliphatic carbocycles. The van der Waals surface area contributed by atoms with Crippen molar-refractivity contribution >= 4 is 11.6 Å². The first-order chi connectivity index (χ1) is 12.2. The lowest BCUT2D eigenvalue weighted by molar-refractivity contribution is -0.124. The second kappa shape index (κ2) is 6.61. The Morgan fingerprint density at radius 1 is 1.20 bits per heavy atom. The van der Waals surface area contributed by atoms with Crippen molar-refractivity contribution < 1.29 is 9.53 Å². The molecule has 1 saturated heterocycles. The van der Waals surface area contributed by atoms with Crippen LogP contribution in [0.5, 0.6) is 0 Å². The van der Waals surface area contributed by atoms with Gasteiger partial charge in [0.2, 0.25) is 5.91 Å². The number of hydrogen-bond acceptors (Lipinski definition) is 4. The summed E-state index contributed by atoms with van der Waals surface area (Å²) in [6.07, 6.45) is 6.62. The van der Waals surface area contributed by atoms with Crippen LogP contribution in [0.4, 0.5) is 5.69 Å². The molecular weight excluding hydrogens is 316 g/mol. The average molecular weight is 340 g/mol. The molecule has 1 fully saturated rings. The first-order valence-electron chi connectivity index (χ1n) is 8.99. The fourth-order valence-corrected chi connectivity index (χ4v) is 3.59. The van der Waals surface area contributed by atoms with Crippen LogP contribution in [0.25, 0.3) is 11.4 Å². The fourth-order valence-electron chi connectivity index (χ4n) is 3.59. The lowest BCUT2D eigenvalue weighted by atomic mass is 9.90. The number of rotatable bonds is 3. The number of aryl methyl sites for hydroxylation is 1. The maximum absolute atomic E-state index is 12.5. The van der Waals surface area contributed by atoms with Crippen molar-refractivity contribution in [2.75, 3.05) is 18.5 Å². The van der Waals surface area contributed by atoms with E-state index in [0.717, 1.165) is 30.0 Å². The molecule has 0 atom stereocenters. The van der Waals surface area contributed by atoms with Crippen molar-refractivity contribution in [1.29, 1.82) is 0 Å². The molecule has 0 radical (unpaired) electrons. The molecule has 0 saturated carbocycles. The maximum atomic E-state index is 12.5. The highest BCUT2D eigenvalue weighted by atomic mass is 16.5. The molecular formula is C19H24N4O2. The van der Waals surface area contributed by atoms with Gasteiger partial charge in [0.1, 0.15) is 11.4 Å². The summed E-state index contributed by atoms with van der Waals surface area (Å²) < 4.78 is 7.60. The highest BCUT2D eigenvalue weighted by Crippen LogP contribution is 2.26. The number of nitrogens with zero attached hydrogens (tertiary/aromatic N) is 2. The number of anilines is 1. The number of carbonyl (C=O) groups excluding carboxylic acids is 1. The number of benzene rings is 1. The van der Waals surface area contributed by atoms with Crippen LogP contribution in [0, 0.1) is 0 Å². The third kappa shape index (κ3) is 3.19. The first-order valence-corrected chi connectivity index (χ1v) is 8.99. The molecule has 6 nitrogen and oxygen atoms in total. The first kappa shape index (κ1) is 16.3. The highest BCUT2D eigenvalue weighted by molar-refractivity contribution is 5.98. The van der Waals surface area contributed by atoms with Gasteiger partial charge in [0.05, 0.1) is 0 Å². The Hall–Kier alpha value is -2.18. The zero-order valence-electron chi connectivity index (χ0n) is 14.3. The third-order valence-corrected chi connectivity index (χ3v) is 5.24. The quantitative estimate of drug-likeness (QED) is 0.898. The summed E-state index contributed by atoms with van der Waals surface area (Å²) >= 11 is 0. The fraction of sp³-hybridized carbons (Fsp3) is 0.474. The Morgan fingerprint density at radius 2 is 1.96 bits per heavy atom. The van der Waals surface area contributed by atoms with E-state index in [0.29, 0.717) is 26.1 Å². The molecule has 4 rings (SSSR count). The van der Waals surface area contributed by atoms with Gasteiger partial charge in [0, 0.05) is 42.9 Å². The average Bonchev–Trinajstić information content (AvgIpc) is 3.07. The Kier molecular flexibility index (Phi) is 4.31. The monoisotopic (exact) mass is 340 g/mol. The summed E-state index contributed by atoms with van der Waals surface area (Å²) in [7, 11) is 0. The van der Waals surface area contributed by atoms with Gasteiger partial charge in [0.25, 0.3) is 0 Å². The molecule has 0 spiro atoms. The molecule has 2 aromatic rings. The Labute approximate surface area is 147 Å². The van der Waals surface area contributed by atoms with Gasteiger partial charge in [-0.3, -0.25) is 4.79 Å². The molecule has 0 unspecified atom stereocenters. The zero-order valence-corrected chi connectivity index (χ0v) is 14.3. The number of ether oxygens (including phenoxy) is 1. The molecule has 3 N–H and O–H groups in total. The van der Waals surface area contributed by atoms with Gasteiger partial charge < -0.3 is 20.4 Å². The second-order valence-corrected chi connectivity index (χ2v) is 6.98. The minimum atomic E-state index is -0.834. The van der Waals surface area contributed by atoms with E-state index in [1.54, 1.807) is 0 Å². The van der Waals surface area contributed by atoms with Crippen molar-refractivity contribution in [3.05, 3.63) is 36.2 Å². The Balaban J connectivity index is 1.49. The van der Waals surface area contributed by atoms with Gasteiger partial charge in [-0.05, 0) is 56.4 Å². The van der Waals surface area contributed by atoms with E-state index in [4.69, 9.17) is 10.5 Å². The van der Waals surface area contributed by atoms with E-state index in [1.807, 2.05) is 30.5 Å². The van der Waals surface area contributed by atoms with E-state index in [-0.39, 0.29) is 5.91 Å². The van der Waals surface area contributed by atoms with Crippen molar-refractivity contribution in [3.8, 4) is 11.4 Å². The normalized spacial score (nSPS) is 19.2. The zero-order chi connectivity index (χ0) is 17.3. The van der Waals surface area contributed by atoms with Gasteiger partial charge in [-0.15, -0.1) is 0 Å². The van der Waals surface area contributed by atoms with E-state index in [2.05, 4.69) is 14.9 Å². The SMILES string of the molecule is NC1(C(=O)Nc2ccc(-c3ncc4n3CCCC4)cc2)CCOCC1. The predicted octanol–water partition coefficient (Wildman–Crippen LogP) is 2.33. The smallest absolute Gasteiger partial charge is 0.244 e. The van der Waals surface area contributed by atoms with Crippen molar-refractivity contribution in [2.24, 2.45) is 5.73 Å². The van der Waals surface area contributed by atoms with Gasteiger partial charge in [0.15, 0.2) is 0 Å². The van der Waals surface area contributed by atoms with Crippen molar-refractivity contribution in [1.82, 2.24) is 9.55 Å². The number of nitrogens with one attached hydrogen (secondary N) is 1. The number of fused-ring (bicyclic) bond motifs is 1. The summed E-state index contributed by atoms with van der Waals surface area (Å²) in [6.45, 7) is 2.10. The summed E-state index contributed by atoms with van der Waals surface area (Å²) in [4.78, 5) is 17.1. The van der Waals surface area contributed by atoms with Crippen LogP contribution >= 0.6 is 0 Å². The van der Waals surface area contributed by atoms with Gasteiger partial charge in [-0.2, -0.15) is 0 Å². The molecule has 1 aromatic carbocycles. The van der Waals surface area contributed by atoms with Gasteiger partial charge in [-0.1, -0.05) is 0 Å². The summed E-state index contributed by atoms with van der Waals surface area (Å²) in [5.74, 6) is 0.869. The van der Waals surface area contributed by atoms with Crippen LogP contribution in [0.2, 0.25) is 0 Å². The molecule has 25 heavy (non-hydrogen) atoms. The number of amides is 1. The van der Waals surface area contributed by atoms with Crippen LogP contribution in [0.3, 0.4) is 0 Å². The molecule has 2 aliphatic rings. The second-order valence-electron chi connectivity index (χ2n) is 6.98. The largest absolute Gasteiger partial charge is 0.381 e. The Morgan fingerprint density at radius 3 is 2.72 bits per heavy atom. The van der Waals surface area contributed by atoms with Crippen molar-refractivity contribution in [2.45, 2.75) is 44.2 Å². The van der Waals surface area contributed by atoms with Crippen LogP contribution in [0.15, 0.2) is 30.5 Å². The van der Waals surface area contributed by atoms with E-state index < -0.39 is 5.54 Å². The predicted molar refractivity (Wildman–Crippen MR) is 96.2 cm³/mol. The lowest BCUT2D eigenvalue weighted by Crippen LogP contribution is -2.54. The maximum Gasteiger partial charge on any atom is 0.244 e. The Bertz CT molecular complexity index is 760. The van der Waals surface area contributed by atoms with Crippen molar-refractivity contribution in [3.63, 3.8) is 0 Å². The lowest BCUT2D eigenvalue weighted by Gasteiger charge is -2.31. The van der Waals surface area contributed by atoms with Crippen LogP contribution in [-0.2, 0) is 22.5 Å². The minimum Gasteiger partial charge on any atom is -0.381 e. The molecule has 132 valence electrons. The molecule has 6 heteroatoms. The van der Waals surface area contributed by atoms with E-state index in [9.17, 15) is 4.79 Å². The number of aromatic nitrogens is 2. The van der Waals surface area contributed by atoms with E-state index >= 15 is 0 Å². The third-order valence-electron chi connectivity index (χ3n) is 5.24. The topological polar surface area (TPSA) is 82.2 Å². The highest BCUT2D eigenvalue weighted by Gasteiger charge is 2.35. The standard InChI is InChI=1S/C19H24N4O2/c20-19(8-11-25-12-9-19)18(24)22-15-6-4-14(5-7-15)17-21-13-16-3-1-2-10-23(16)17/h4-7,13H,1-3,8-12,20H2,(H,22,24). The van der Waals surface area contributed by atoms with Crippen LogP contribution in [-0.4, -0.2) is 34.2 Å². The molecule has 1 aromatic heterocycles. The molecule has 3 heterocycles.